The molecule has 0 saturated carbocycles. The van der Waals surface area contributed by atoms with Crippen molar-refractivity contribution in [3.05, 3.63) is 0 Å². The maximum Gasteiger partial charge on any atom is 0.237 e. The van der Waals surface area contributed by atoms with Crippen LogP contribution in [0.5, 0.6) is 0 Å². The van der Waals surface area contributed by atoms with Gasteiger partial charge in [0.2, 0.25) is 5.91 Å². The van der Waals surface area contributed by atoms with Crippen LogP contribution in [-0.2, 0) is 4.79 Å². The summed E-state index contributed by atoms with van der Waals surface area (Å²) >= 11 is 0. The highest BCUT2D eigenvalue weighted by Crippen LogP contribution is 2.15. The molecular weight excluding hydrogens is 214 g/mol. The molecule has 3 N–H and O–H groups in total. The summed E-state index contributed by atoms with van der Waals surface area (Å²) in [5.41, 5.74) is 4.81. The van der Waals surface area contributed by atoms with Gasteiger partial charge in [0, 0.05) is 6.04 Å². The molecule has 0 aromatic heterocycles. The third-order valence-electron chi connectivity index (χ3n) is 3.61. The zero-order chi connectivity index (χ0) is 13.6. The van der Waals surface area contributed by atoms with E-state index in [1.807, 2.05) is 6.92 Å². The van der Waals surface area contributed by atoms with Crippen LogP contribution in [0.15, 0.2) is 0 Å². The molecule has 0 aliphatic heterocycles. The smallest absolute Gasteiger partial charge is 0.237 e. The largest absolute Gasteiger partial charge is 0.368 e. The number of nitrogens with one attached hydrogen (secondary N) is 1. The molecule has 102 valence electrons. The second-order valence-electron chi connectivity index (χ2n) is 5.66. The number of carbonyl (C=O) groups is 1. The average molecular weight is 243 g/mol. The van der Waals surface area contributed by atoms with Gasteiger partial charge in [-0.05, 0) is 53.2 Å². The number of amides is 1. The van der Waals surface area contributed by atoms with Crippen molar-refractivity contribution in [2.75, 3.05) is 20.6 Å². The Morgan fingerprint density at radius 1 is 1.41 bits per heavy atom. The summed E-state index contributed by atoms with van der Waals surface area (Å²) in [6.45, 7) is 9.50. The topological polar surface area (TPSA) is 58.4 Å². The van der Waals surface area contributed by atoms with Crippen molar-refractivity contribution >= 4 is 5.91 Å². The Balaban J connectivity index is 4.31. The molecule has 0 heterocycles. The molecule has 0 aliphatic carbocycles. The van der Waals surface area contributed by atoms with Crippen molar-refractivity contribution in [1.29, 1.82) is 0 Å². The van der Waals surface area contributed by atoms with Gasteiger partial charge < -0.3 is 16.0 Å². The number of likely N-dealkylation sites (N-methyl/N-ethyl adjacent to an activating group) is 1. The van der Waals surface area contributed by atoms with Crippen LogP contribution in [0, 0.1) is 5.92 Å². The van der Waals surface area contributed by atoms with Gasteiger partial charge >= 0.3 is 0 Å². The van der Waals surface area contributed by atoms with E-state index >= 15 is 0 Å². The molecule has 4 nitrogen and oxygen atoms in total. The van der Waals surface area contributed by atoms with E-state index in [2.05, 4.69) is 38.0 Å². The Hall–Kier alpha value is -0.610. The first kappa shape index (κ1) is 16.4. The Morgan fingerprint density at radius 2 is 1.94 bits per heavy atom. The predicted molar refractivity (Wildman–Crippen MR) is 72.8 cm³/mol. The maximum atomic E-state index is 11.4. The molecule has 0 fully saturated rings. The van der Waals surface area contributed by atoms with Gasteiger partial charge in [-0.1, -0.05) is 13.8 Å². The maximum absolute atomic E-state index is 11.4. The number of primary amides is 1. The van der Waals surface area contributed by atoms with Crippen molar-refractivity contribution in [3.8, 4) is 0 Å². The van der Waals surface area contributed by atoms with Crippen molar-refractivity contribution < 1.29 is 4.79 Å². The third kappa shape index (κ3) is 5.50. The highest BCUT2D eigenvalue weighted by atomic mass is 16.1. The van der Waals surface area contributed by atoms with Gasteiger partial charge in [0.1, 0.15) is 0 Å². The Bertz CT molecular complexity index is 243. The van der Waals surface area contributed by atoms with E-state index in [1.54, 1.807) is 7.05 Å². The lowest BCUT2D eigenvalue weighted by Gasteiger charge is -2.33. The monoisotopic (exact) mass is 243 g/mol. The van der Waals surface area contributed by atoms with Crippen LogP contribution < -0.4 is 11.1 Å². The highest BCUT2D eigenvalue weighted by molar-refractivity contribution is 5.84. The van der Waals surface area contributed by atoms with Gasteiger partial charge in [0.05, 0.1) is 5.54 Å². The zero-order valence-electron chi connectivity index (χ0n) is 12.2. The molecule has 0 radical (unpaired) electrons. The third-order valence-corrected chi connectivity index (χ3v) is 3.61. The van der Waals surface area contributed by atoms with Crippen LogP contribution in [0.3, 0.4) is 0 Å². The minimum absolute atomic E-state index is 0.288. The lowest BCUT2D eigenvalue weighted by molar-refractivity contribution is -0.124. The van der Waals surface area contributed by atoms with Gasteiger partial charge in [-0.3, -0.25) is 4.79 Å². The zero-order valence-corrected chi connectivity index (χ0v) is 12.2. The van der Waals surface area contributed by atoms with E-state index in [1.165, 1.54) is 6.42 Å². The fourth-order valence-electron chi connectivity index (χ4n) is 1.75. The molecule has 1 amide bonds. The normalized spacial score (nSPS) is 17.2. The van der Waals surface area contributed by atoms with Crippen LogP contribution in [-0.4, -0.2) is 43.0 Å². The molecule has 0 bridgehead atoms. The second-order valence-corrected chi connectivity index (χ2v) is 5.66. The molecule has 0 spiro atoms. The van der Waals surface area contributed by atoms with Crippen LogP contribution in [0.4, 0.5) is 0 Å². The summed E-state index contributed by atoms with van der Waals surface area (Å²) in [6.07, 6.45) is 1.90. The van der Waals surface area contributed by atoms with E-state index in [9.17, 15) is 4.79 Å². The summed E-state index contributed by atoms with van der Waals surface area (Å²) in [7, 11) is 3.88. The number of carbonyl (C=O) groups excluding carboxylic acids is 1. The molecule has 0 rings (SSSR count). The van der Waals surface area contributed by atoms with Gasteiger partial charge in [0.25, 0.3) is 0 Å². The predicted octanol–water partition coefficient (Wildman–Crippen LogP) is 1.21. The van der Waals surface area contributed by atoms with Crippen LogP contribution in [0.25, 0.3) is 0 Å². The molecule has 17 heavy (non-hydrogen) atoms. The summed E-state index contributed by atoms with van der Waals surface area (Å²) in [5.74, 6) is 0.417. The standard InChI is InChI=1S/C13H29N3O/c1-10(2)7-8-16(6)11(3)9-13(4,15-5)12(14)17/h10-11,15H,7-9H2,1-6H3,(H2,14,17). The minimum Gasteiger partial charge on any atom is -0.368 e. The lowest BCUT2D eigenvalue weighted by atomic mass is 9.92. The Kier molecular flexibility index (Phi) is 6.72. The number of nitrogens with two attached hydrogens (primary N) is 1. The Labute approximate surface area is 106 Å². The van der Waals surface area contributed by atoms with Crippen LogP contribution in [0.2, 0.25) is 0 Å². The van der Waals surface area contributed by atoms with Crippen molar-refractivity contribution in [2.45, 2.75) is 52.1 Å². The van der Waals surface area contributed by atoms with E-state index in [0.717, 1.165) is 13.0 Å². The number of nitrogens with zero attached hydrogens (tertiary/aromatic N) is 1. The molecule has 0 aromatic carbocycles. The van der Waals surface area contributed by atoms with E-state index < -0.39 is 5.54 Å². The van der Waals surface area contributed by atoms with Crippen molar-refractivity contribution in [1.82, 2.24) is 10.2 Å². The van der Waals surface area contributed by atoms with Gasteiger partial charge in [-0.15, -0.1) is 0 Å². The van der Waals surface area contributed by atoms with Gasteiger partial charge in [-0.2, -0.15) is 0 Å². The second kappa shape index (κ2) is 6.97. The molecule has 0 aliphatic rings. The fourth-order valence-corrected chi connectivity index (χ4v) is 1.75. The highest BCUT2D eigenvalue weighted by Gasteiger charge is 2.31. The first-order valence-electron chi connectivity index (χ1n) is 6.42. The molecule has 4 heteroatoms. The summed E-state index contributed by atoms with van der Waals surface area (Å²) in [6, 6.07) is 0.332. The SMILES string of the molecule is CNC(C)(CC(C)N(C)CCC(C)C)C(N)=O. The minimum atomic E-state index is -0.620. The summed E-state index contributed by atoms with van der Waals surface area (Å²) in [4.78, 5) is 13.7. The molecular formula is C13H29N3O. The van der Waals surface area contributed by atoms with Gasteiger partial charge in [0.15, 0.2) is 0 Å². The fraction of sp³-hybridized carbons (Fsp3) is 0.923. The van der Waals surface area contributed by atoms with Crippen molar-refractivity contribution in [3.63, 3.8) is 0 Å². The molecule has 2 unspecified atom stereocenters. The molecule has 0 saturated heterocycles. The molecule has 0 aromatic rings. The van der Waals surface area contributed by atoms with Gasteiger partial charge in [-0.25, -0.2) is 0 Å². The number of hydrogen-bond donors (Lipinski definition) is 2. The van der Waals surface area contributed by atoms with Crippen LogP contribution in [0.1, 0.15) is 40.5 Å². The molecule has 2 atom stereocenters. The summed E-state index contributed by atoms with van der Waals surface area (Å²) in [5, 5.41) is 3.03. The average Bonchev–Trinajstić information content (AvgIpc) is 2.24. The van der Waals surface area contributed by atoms with Crippen molar-refractivity contribution in [2.24, 2.45) is 11.7 Å². The quantitative estimate of drug-likeness (QED) is 0.673. The summed E-state index contributed by atoms with van der Waals surface area (Å²) < 4.78 is 0. The van der Waals surface area contributed by atoms with E-state index in [-0.39, 0.29) is 5.91 Å². The van der Waals surface area contributed by atoms with E-state index in [0.29, 0.717) is 12.0 Å². The van der Waals surface area contributed by atoms with Crippen LogP contribution >= 0.6 is 0 Å². The number of hydrogen-bond acceptors (Lipinski definition) is 3. The first-order chi connectivity index (χ1) is 7.73. The van der Waals surface area contributed by atoms with E-state index in [4.69, 9.17) is 5.73 Å². The first-order valence-corrected chi connectivity index (χ1v) is 6.42. The lowest BCUT2D eigenvalue weighted by Crippen LogP contribution is -2.54. The number of rotatable bonds is 8. The Morgan fingerprint density at radius 3 is 2.29 bits per heavy atom.